The van der Waals surface area contributed by atoms with Crippen LogP contribution < -0.4 is 5.32 Å². The molecule has 0 saturated heterocycles. The molecule has 3 heterocycles. The zero-order valence-electron chi connectivity index (χ0n) is 12.9. The summed E-state index contributed by atoms with van der Waals surface area (Å²) in [7, 11) is 0. The molecule has 0 unspecified atom stereocenters. The molecule has 7 heteroatoms. The molecule has 0 bridgehead atoms. The van der Waals surface area contributed by atoms with Crippen molar-refractivity contribution in [1.29, 1.82) is 0 Å². The fourth-order valence-corrected chi connectivity index (χ4v) is 2.98. The van der Waals surface area contributed by atoms with Crippen molar-refractivity contribution in [2.45, 2.75) is 0 Å². The Labute approximate surface area is 147 Å². The van der Waals surface area contributed by atoms with E-state index in [0.717, 1.165) is 4.88 Å². The number of pyridine rings is 1. The summed E-state index contributed by atoms with van der Waals surface area (Å²) in [4.78, 5) is 9.79. The third-order valence-corrected chi connectivity index (χ3v) is 4.32. The number of nitrogens with one attached hydrogen (secondary N) is 1. The number of anilines is 2. The van der Waals surface area contributed by atoms with Gasteiger partial charge in [0.15, 0.2) is 5.82 Å². The minimum Gasteiger partial charge on any atom is -0.338 e. The largest absolute Gasteiger partial charge is 0.338 e. The van der Waals surface area contributed by atoms with Gasteiger partial charge in [-0.3, -0.25) is 4.98 Å². The van der Waals surface area contributed by atoms with Crippen LogP contribution in [0, 0.1) is 5.82 Å². The first-order valence-electron chi connectivity index (χ1n) is 7.52. The van der Waals surface area contributed by atoms with Gasteiger partial charge in [0.05, 0.1) is 4.88 Å². The topological polar surface area (TPSA) is 63.6 Å². The van der Waals surface area contributed by atoms with Crippen molar-refractivity contribution < 1.29 is 4.39 Å². The van der Waals surface area contributed by atoms with E-state index in [1.54, 1.807) is 29.7 Å². The molecule has 4 aromatic rings. The highest BCUT2D eigenvalue weighted by Gasteiger charge is 2.14. The molecule has 0 spiro atoms. The van der Waals surface area contributed by atoms with Crippen molar-refractivity contribution in [3.05, 3.63) is 72.0 Å². The first kappa shape index (κ1) is 15.3. The van der Waals surface area contributed by atoms with E-state index in [4.69, 9.17) is 0 Å². The normalized spacial score (nSPS) is 10.6. The number of aromatic nitrogens is 4. The maximum atomic E-state index is 13.1. The highest BCUT2D eigenvalue weighted by molar-refractivity contribution is 7.13. The molecule has 0 aliphatic carbocycles. The van der Waals surface area contributed by atoms with Gasteiger partial charge in [0.25, 0.3) is 0 Å². The van der Waals surface area contributed by atoms with Crippen LogP contribution in [0.2, 0.25) is 0 Å². The van der Waals surface area contributed by atoms with E-state index in [-0.39, 0.29) is 5.82 Å². The Morgan fingerprint density at radius 1 is 0.920 bits per heavy atom. The Kier molecular flexibility index (Phi) is 4.14. The lowest BCUT2D eigenvalue weighted by Crippen LogP contribution is -2.03. The van der Waals surface area contributed by atoms with Gasteiger partial charge >= 0.3 is 0 Å². The van der Waals surface area contributed by atoms with E-state index in [0.29, 0.717) is 28.7 Å². The lowest BCUT2D eigenvalue weighted by Gasteiger charge is -2.10. The summed E-state index contributed by atoms with van der Waals surface area (Å²) in [5.41, 5.74) is 1.99. The summed E-state index contributed by atoms with van der Waals surface area (Å²) in [6.45, 7) is 0. The van der Waals surface area contributed by atoms with Crippen LogP contribution in [0.5, 0.6) is 0 Å². The van der Waals surface area contributed by atoms with Crippen molar-refractivity contribution in [3.8, 4) is 22.1 Å². The van der Waals surface area contributed by atoms with Crippen LogP contribution in [-0.4, -0.2) is 20.2 Å². The second-order valence-corrected chi connectivity index (χ2v) is 6.10. The zero-order valence-corrected chi connectivity index (χ0v) is 13.7. The second kappa shape index (κ2) is 6.74. The fourth-order valence-electron chi connectivity index (χ4n) is 2.27. The number of hydrogen-bond donors (Lipinski definition) is 1. The molecule has 25 heavy (non-hydrogen) atoms. The van der Waals surface area contributed by atoms with Gasteiger partial charge < -0.3 is 5.32 Å². The molecule has 0 fully saturated rings. The Hall–Kier alpha value is -3.19. The highest BCUT2D eigenvalue weighted by atomic mass is 32.1. The van der Waals surface area contributed by atoms with Crippen LogP contribution in [-0.2, 0) is 0 Å². The number of rotatable bonds is 4. The predicted molar refractivity (Wildman–Crippen MR) is 96.1 cm³/mol. The van der Waals surface area contributed by atoms with Crippen LogP contribution in [0.15, 0.2) is 66.2 Å². The van der Waals surface area contributed by atoms with Gasteiger partial charge in [-0.2, -0.15) is 0 Å². The van der Waals surface area contributed by atoms with Crippen LogP contribution in [0.4, 0.5) is 15.9 Å². The third-order valence-electron chi connectivity index (χ3n) is 3.44. The lowest BCUT2D eigenvalue weighted by atomic mass is 10.3. The van der Waals surface area contributed by atoms with Crippen molar-refractivity contribution in [3.63, 3.8) is 0 Å². The first-order chi connectivity index (χ1) is 12.3. The maximum absolute atomic E-state index is 13.1. The van der Waals surface area contributed by atoms with E-state index >= 15 is 0 Å². The van der Waals surface area contributed by atoms with Gasteiger partial charge in [-0.25, -0.2) is 9.37 Å². The number of halogens is 1. The van der Waals surface area contributed by atoms with Gasteiger partial charge in [-0.05, 0) is 47.8 Å². The monoisotopic (exact) mass is 349 g/mol. The quantitative estimate of drug-likeness (QED) is 0.586. The molecule has 0 radical (unpaired) electrons. The van der Waals surface area contributed by atoms with E-state index in [1.807, 2.05) is 35.7 Å². The van der Waals surface area contributed by atoms with Crippen LogP contribution in [0.1, 0.15) is 0 Å². The van der Waals surface area contributed by atoms with E-state index in [2.05, 4.69) is 25.5 Å². The van der Waals surface area contributed by atoms with Crippen LogP contribution >= 0.6 is 11.3 Å². The molecule has 0 aliphatic rings. The Balaban J connectivity index is 1.78. The molecule has 0 amide bonds. The summed E-state index contributed by atoms with van der Waals surface area (Å²) in [6, 6.07) is 15.5. The lowest BCUT2D eigenvalue weighted by molar-refractivity contribution is 0.628. The molecule has 3 aromatic heterocycles. The van der Waals surface area contributed by atoms with Gasteiger partial charge in [0, 0.05) is 11.9 Å². The molecule has 0 aliphatic heterocycles. The third kappa shape index (κ3) is 3.36. The molecule has 1 N–H and O–H groups in total. The number of thiophene rings is 1. The maximum Gasteiger partial charge on any atom is 0.202 e. The Morgan fingerprint density at radius 3 is 2.52 bits per heavy atom. The first-order valence-corrected chi connectivity index (χ1v) is 8.40. The van der Waals surface area contributed by atoms with Gasteiger partial charge in [-0.1, -0.05) is 12.1 Å². The van der Waals surface area contributed by atoms with Gasteiger partial charge in [-0.15, -0.1) is 21.5 Å². The molecule has 122 valence electrons. The van der Waals surface area contributed by atoms with Crippen molar-refractivity contribution in [2.75, 3.05) is 5.32 Å². The minimum atomic E-state index is -0.293. The van der Waals surface area contributed by atoms with E-state index < -0.39 is 0 Å². The van der Waals surface area contributed by atoms with Crippen molar-refractivity contribution >= 4 is 22.8 Å². The minimum absolute atomic E-state index is 0.293. The summed E-state index contributed by atoms with van der Waals surface area (Å²) < 4.78 is 13.1. The Morgan fingerprint density at radius 2 is 1.80 bits per heavy atom. The molecular weight excluding hydrogens is 337 g/mol. The van der Waals surface area contributed by atoms with Crippen LogP contribution in [0.25, 0.3) is 22.1 Å². The summed E-state index contributed by atoms with van der Waals surface area (Å²) in [5, 5.41) is 13.7. The van der Waals surface area contributed by atoms with Crippen LogP contribution in [0.3, 0.4) is 0 Å². The number of nitrogens with zero attached hydrogens (tertiary/aromatic N) is 4. The van der Waals surface area contributed by atoms with E-state index in [9.17, 15) is 4.39 Å². The number of hydrogen-bond acceptors (Lipinski definition) is 6. The smallest absolute Gasteiger partial charge is 0.202 e. The van der Waals surface area contributed by atoms with E-state index in [1.165, 1.54) is 12.1 Å². The zero-order chi connectivity index (χ0) is 17.1. The molecule has 1 aromatic carbocycles. The Bertz CT molecular complexity index is 972. The average Bonchev–Trinajstić information content (AvgIpc) is 3.19. The summed E-state index contributed by atoms with van der Waals surface area (Å²) in [5.74, 6) is 0.675. The highest BCUT2D eigenvalue weighted by Crippen LogP contribution is 2.30. The molecule has 5 nitrogen and oxygen atoms in total. The number of benzene rings is 1. The van der Waals surface area contributed by atoms with Crippen molar-refractivity contribution in [2.24, 2.45) is 0 Å². The summed E-state index contributed by atoms with van der Waals surface area (Å²) >= 11 is 1.55. The summed E-state index contributed by atoms with van der Waals surface area (Å²) in [6.07, 6.45) is 1.68. The average molecular weight is 349 g/mol. The standard InChI is InChI=1S/C18H12FN5S/c19-12-6-8-13(9-7-12)21-18-16(15-5-3-11-25-15)23-24-17(22-18)14-4-1-2-10-20-14/h1-11H,(H,21,22,24). The van der Waals surface area contributed by atoms with Gasteiger partial charge in [0.1, 0.15) is 17.2 Å². The molecular formula is C18H12FN5S. The van der Waals surface area contributed by atoms with Crippen molar-refractivity contribution in [1.82, 2.24) is 20.2 Å². The molecule has 0 atom stereocenters. The predicted octanol–water partition coefficient (Wildman–Crippen LogP) is 4.54. The SMILES string of the molecule is Fc1ccc(Nc2nc(-c3ccccn3)nnc2-c2cccs2)cc1. The molecule has 0 saturated carbocycles. The fraction of sp³-hybridized carbons (Fsp3) is 0. The second-order valence-electron chi connectivity index (χ2n) is 5.16. The van der Waals surface area contributed by atoms with Gasteiger partial charge in [0.2, 0.25) is 5.82 Å². The molecule has 4 rings (SSSR count).